The van der Waals surface area contributed by atoms with Gasteiger partial charge >= 0.3 is 0 Å². The van der Waals surface area contributed by atoms with Crippen molar-refractivity contribution in [3.8, 4) is 11.5 Å². The fourth-order valence-electron chi connectivity index (χ4n) is 4.43. The number of rotatable bonds is 8. The highest BCUT2D eigenvalue weighted by Crippen LogP contribution is 2.41. The molecule has 1 heterocycles. The van der Waals surface area contributed by atoms with E-state index in [1.807, 2.05) is 36.5 Å². The summed E-state index contributed by atoms with van der Waals surface area (Å²) in [6.45, 7) is 4.26. The average Bonchev–Trinajstić information content (AvgIpc) is 3.32. The highest BCUT2D eigenvalue weighted by Gasteiger charge is 2.33. The van der Waals surface area contributed by atoms with E-state index in [2.05, 4.69) is 54.0 Å². The summed E-state index contributed by atoms with van der Waals surface area (Å²) in [5.41, 5.74) is 2.91. The van der Waals surface area contributed by atoms with E-state index < -0.39 is 5.41 Å². The molecule has 0 bridgehead atoms. The van der Waals surface area contributed by atoms with Gasteiger partial charge < -0.3 is 9.47 Å². The summed E-state index contributed by atoms with van der Waals surface area (Å²) in [7, 11) is 1.70. The van der Waals surface area contributed by atoms with Gasteiger partial charge in [0.2, 0.25) is 0 Å². The van der Waals surface area contributed by atoms with Crippen LogP contribution in [-0.4, -0.2) is 18.2 Å². The third-order valence-electron chi connectivity index (χ3n) is 6.10. The summed E-state index contributed by atoms with van der Waals surface area (Å²) in [5.74, 6) is 1.58. The molecule has 0 radical (unpaired) electrons. The van der Waals surface area contributed by atoms with Crippen LogP contribution < -0.4 is 9.47 Å². The molecule has 1 saturated carbocycles. The predicted octanol–water partition coefficient (Wildman–Crippen LogP) is 6.55. The summed E-state index contributed by atoms with van der Waals surface area (Å²) >= 11 is 0. The molecular formula is C27H30ClNO2. The summed E-state index contributed by atoms with van der Waals surface area (Å²) in [6, 6.07) is 22.8. The van der Waals surface area contributed by atoms with E-state index in [4.69, 9.17) is 9.47 Å². The predicted molar refractivity (Wildman–Crippen MR) is 128 cm³/mol. The van der Waals surface area contributed by atoms with Gasteiger partial charge in [-0.25, -0.2) is 0 Å². The second-order valence-electron chi connectivity index (χ2n) is 7.93. The molecule has 0 spiro atoms. The van der Waals surface area contributed by atoms with E-state index >= 15 is 0 Å². The Labute approximate surface area is 191 Å². The van der Waals surface area contributed by atoms with Crippen LogP contribution in [0.2, 0.25) is 0 Å². The molecule has 1 aliphatic rings. The van der Waals surface area contributed by atoms with Crippen molar-refractivity contribution in [3.05, 3.63) is 102 Å². The summed E-state index contributed by atoms with van der Waals surface area (Å²) < 4.78 is 12.0. The first kappa shape index (κ1) is 22.9. The lowest BCUT2D eigenvalue weighted by Crippen LogP contribution is -2.28. The lowest BCUT2D eigenvalue weighted by molar-refractivity contribution is 0.200. The van der Waals surface area contributed by atoms with Crippen LogP contribution in [0.15, 0.2) is 85.6 Å². The molecule has 0 N–H and O–H groups in total. The van der Waals surface area contributed by atoms with E-state index in [1.165, 1.54) is 18.4 Å². The molecule has 31 heavy (non-hydrogen) atoms. The molecule has 4 rings (SSSR count). The zero-order chi connectivity index (χ0) is 20.8. The van der Waals surface area contributed by atoms with Crippen molar-refractivity contribution in [3.63, 3.8) is 0 Å². The monoisotopic (exact) mass is 435 g/mol. The Morgan fingerprint density at radius 1 is 0.968 bits per heavy atom. The Morgan fingerprint density at radius 2 is 1.71 bits per heavy atom. The number of hydrogen-bond donors (Lipinski definition) is 0. The highest BCUT2D eigenvalue weighted by atomic mass is 35.5. The lowest BCUT2D eigenvalue weighted by atomic mass is 9.71. The van der Waals surface area contributed by atoms with E-state index in [-0.39, 0.29) is 18.5 Å². The van der Waals surface area contributed by atoms with Crippen LogP contribution >= 0.6 is 12.4 Å². The van der Waals surface area contributed by atoms with Gasteiger partial charge in [-0.2, -0.15) is 0 Å². The topological polar surface area (TPSA) is 31.4 Å². The zero-order valence-corrected chi connectivity index (χ0v) is 18.8. The van der Waals surface area contributed by atoms with Crippen LogP contribution in [0, 0.1) is 0 Å². The normalized spacial score (nSPS) is 15.5. The van der Waals surface area contributed by atoms with Crippen molar-refractivity contribution in [2.24, 2.45) is 0 Å². The molecule has 3 aromatic rings. The smallest absolute Gasteiger partial charge is 0.161 e. The number of pyridine rings is 1. The van der Waals surface area contributed by atoms with E-state index in [9.17, 15) is 0 Å². The molecule has 1 atom stereocenters. The molecule has 1 aromatic heterocycles. The zero-order valence-electron chi connectivity index (χ0n) is 18.0. The number of nitrogens with zero attached hydrogens (tertiary/aromatic N) is 1. The molecule has 1 aliphatic carbocycles. The molecule has 0 saturated heterocycles. The van der Waals surface area contributed by atoms with Crippen molar-refractivity contribution < 1.29 is 9.47 Å². The SMILES string of the molecule is C=C[C@](Cc1ccccn1)(c1ccccc1)c1ccc(OC)c(OC2CCCC2)c1.Cl. The molecule has 0 aliphatic heterocycles. The van der Waals surface area contributed by atoms with Crippen LogP contribution in [0.5, 0.6) is 11.5 Å². The Morgan fingerprint density at radius 3 is 2.35 bits per heavy atom. The van der Waals surface area contributed by atoms with Gasteiger partial charge in [-0.05, 0) is 61.1 Å². The Bertz CT molecular complexity index is 971. The first-order valence-corrected chi connectivity index (χ1v) is 10.7. The van der Waals surface area contributed by atoms with Gasteiger partial charge in [0.25, 0.3) is 0 Å². The van der Waals surface area contributed by atoms with Crippen molar-refractivity contribution in [2.75, 3.05) is 7.11 Å². The van der Waals surface area contributed by atoms with E-state index in [1.54, 1.807) is 7.11 Å². The van der Waals surface area contributed by atoms with Crippen LogP contribution in [-0.2, 0) is 11.8 Å². The maximum atomic E-state index is 6.39. The third-order valence-corrected chi connectivity index (χ3v) is 6.10. The molecule has 162 valence electrons. The maximum Gasteiger partial charge on any atom is 0.161 e. The van der Waals surface area contributed by atoms with Gasteiger partial charge in [-0.1, -0.05) is 48.5 Å². The van der Waals surface area contributed by atoms with Crippen LogP contribution in [0.25, 0.3) is 0 Å². The average molecular weight is 436 g/mol. The summed E-state index contributed by atoms with van der Waals surface area (Å²) in [5, 5.41) is 0. The Balaban J connectivity index is 0.00000272. The Hall–Kier alpha value is -2.78. The third kappa shape index (κ3) is 4.94. The number of halogens is 1. The minimum Gasteiger partial charge on any atom is -0.493 e. The quantitative estimate of drug-likeness (QED) is 0.376. The van der Waals surface area contributed by atoms with Gasteiger partial charge in [0, 0.05) is 23.7 Å². The van der Waals surface area contributed by atoms with E-state index in [0.29, 0.717) is 0 Å². The number of allylic oxidation sites excluding steroid dienone is 1. The van der Waals surface area contributed by atoms with Crippen molar-refractivity contribution in [2.45, 2.75) is 43.6 Å². The van der Waals surface area contributed by atoms with Gasteiger partial charge in [0.15, 0.2) is 11.5 Å². The molecule has 0 amide bonds. The van der Waals surface area contributed by atoms with Gasteiger partial charge in [-0.3, -0.25) is 4.98 Å². The molecule has 0 unspecified atom stereocenters. The molecular weight excluding hydrogens is 406 g/mol. The number of hydrogen-bond acceptors (Lipinski definition) is 3. The fraction of sp³-hybridized carbons (Fsp3) is 0.296. The first-order chi connectivity index (χ1) is 14.7. The van der Waals surface area contributed by atoms with Crippen LogP contribution in [0.3, 0.4) is 0 Å². The van der Waals surface area contributed by atoms with Gasteiger partial charge in [-0.15, -0.1) is 19.0 Å². The number of aromatic nitrogens is 1. The number of ether oxygens (including phenoxy) is 2. The van der Waals surface area contributed by atoms with Crippen molar-refractivity contribution in [1.82, 2.24) is 4.98 Å². The highest BCUT2D eigenvalue weighted by molar-refractivity contribution is 5.85. The number of benzene rings is 2. The fourth-order valence-corrected chi connectivity index (χ4v) is 4.43. The van der Waals surface area contributed by atoms with Crippen LogP contribution in [0.1, 0.15) is 42.5 Å². The van der Waals surface area contributed by atoms with Crippen LogP contribution in [0.4, 0.5) is 0 Å². The largest absolute Gasteiger partial charge is 0.493 e. The summed E-state index contributed by atoms with van der Waals surface area (Å²) in [6.07, 6.45) is 9.53. The maximum absolute atomic E-state index is 6.39. The van der Waals surface area contributed by atoms with Gasteiger partial charge in [0.1, 0.15) is 0 Å². The van der Waals surface area contributed by atoms with Crippen molar-refractivity contribution in [1.29, 1.82) is 0 Å². The standard InChI is InChI=1S/C27H29NO2.ClH/c1-3-27(21-11-5-4-6-12-21,20-23-13-9-10-18-28-23)22-16-17-25(29-2)26(19-22)30-24-14-7-8-15-24;/h3-6,9-13,16-19,24H,1,7-8,14-15,20H2,2H3;1H/t27-;/m0./s1. The second-order valence-corrected chi connectivity index (χ2v) is 7.93. The first-order valence-electron chi connectivity index (χ1n) is 10.7. The molecule has 1 fully saturated rings. The number of methoxy groups -OCH3 is 1. The van der Waals surface area contributed by atoms with E-state index in [0.717, 1.165) is 42.0 Å². The minimum absolute atomic E-state index is 0. The second kappa shape index (κ2) is 10.5. The lowest BCUT2D eigenvalue weighted by Gasteiger charge is -2.32. The van der Waals surface area contributed by atoms with Crippen molar-refractivity contribution >= 4 is 12.4 Å². The molecule has 3 nitrogen and oxygen atoms in total. The summed E-state index contributed by atoms with van der Waals surface area (Å²) in [4.78, 5) is 4.60. The van der Waals surface area contributed by atoms with Gasteiger partial charge in [0.05, 0.1) is 13.2 Å². The minimum atomic E-state index is -0.421. The molecule has 2 aromatic carbocycles. The molecule has 4 heteroatoms. The Kier molecular flexibility index (Phi) is 7.75.